The van der Waals surface area contributed by atoms with Crippen LogP contribution < -0.4 is 0 Å². The van der Waals surface area contributed by atoms with Gasteiger partial charge in [0.2, 0.25) is 0 Å². The highest BCUT2D eigenvalue weighted by Crippen LogP contribution is 2.29. The molecule has 96 valence electrons. The fraction of sp³-hybridized carbons (Fsp3) is 0.214. The molecule has 2 rings (SSSR count). The number of thiazole rings is 1. The van der Waals surface area contributed by atoms with Gasteiger partial charge in [0.1, 0.15) is 9.88 Å². The van der Waals surface area contributed by atoms with E-state index in [2.05, 4.69) is 4.98 Å². The summed E-state index contributed by atoms with van der Waals surface area (Å²) in [4.78, 5) is 16.7. The maximum atomic E-state index is 11.9. The van der Waals surface area contributed by atoms with E-state index in [0.29, 0.717) is 22.2 Å². The number of carbonyl (C=O) groups excluding carboxylic acids is 1. The third kappa shape index (κ3) is 2.98. The van der Waals surface area contributed by atoms with Crippen LogP contribution in [0.3, 0.4) is 0 Å². The van der Waals surface area contributed by atoms with E-state index in [9.17, 15) is 4.79 Å². The summed E-state index contributed by atoms with van der Waals surface area (Å²) in [5, 5.41) is 9.36. The third-order valence-corrected chi connectivity index (χ3v) is 3.45. The van der Waals surface area contributed by atoms with Gasteiger partial charge in [-0.2, -0.15) is 5.26 Å². The molecule has 0 spiro atoms. The van der Waals surface area contributed by atoms with Crippen molar-refractivity contribution in [2.75, 3.05) is 6.61 Å². The summed E-state index contributed by atoms with van der Waals surface area (Å²) < 4.78 is 5.03. The summed E-state index contributed by atoms with van der Waals surface area (Å²) in [6, 6.07) is 11.5. The van der Waals surface area contributed by atoms with Crippen LogP contribution in [0.15, 0.2) is 30.3 Å². The first kappa shape index (κ1) is 13.2. The molecule has 0 N–H and O–H groups in total. The minimum Gasteiger partial charge on any atom is -0.462 e. The topological polar surface area (TPSA) is 63.0 Å². The van der Waals surface area contributed by atoms with Crippen molar-refractivity contribution in [3.63, 3.8) is 0 Å². The van der Waals surface area contributed by atoms with E-state index >= 15 is 0 Å². The molecule has 0 fully saturated rings. The van der Waals surface area contributed by atoms with E-state index in [0.717, 1.165) is 5.56 Å². The number of rotatable bonds is 4. The van der Waals surface area contributed by atoms with Crippen LogP contribution in [-0.4, -0.2) is 17.6 Å². The first-order chi connectivity index (χ1) is 9.26. The summed E-state index contributed by atoms with van der Waals surface area (Å²) in [5.41, 5.74) is 1.44. The highest BCUT2D eigenvalue weighted by molar-refractivity contribution is 7.14. The van der Waals surface area contributed by atoms with Gasteiger partial charge in [0, 0.05) is 5.56 Å². The summed E-state index contributed by atoms with van der Waals surface area (Å²) >= 11 is 1.22. The summed E-state index contributed by atoms with van der Waals surface area (Å²) in [5.74, 6) is -0.386. The molecule has 2 aromatic rings. The Balaban J connectivity index is 2.46. The van der Waals surface area contributed by atoms with E-state index in [-0.39, 0.29) is 12.4 Å². The molecule has 0 amide bonds. The van der Waals surface area contributed by atoms with E-state index in [1.54, 1.807) is 6.92 Å². The molecule has 0 aliphatic carbocycles. The van der Waals surface area contributed by atoms with Gasteiger partial charge in [-0.1, -0.05) is 30.3 Å². The molecule has 0 saturated carbocycles. The Morgan fingerprint density at radius 2 is 2.16 bits per heavy atom. The highest BCUT2D eigenvalue weighted by Gasteiger charge is 2.20. The minimum atomic E-state index is -0.386. The SMILES string of the molecule is CCOC(=O)c1sc(CC#N)nc1-c1ccccc1. The fourth-order valence-electron chi connectivity index (χ4n) is 1.63. The largest absolute Gasteiger partial charge is 0.462 e. The van der Waals surface area contributed by atoms with Crippen molar-refractivity contribution >= 4 is 17.3 Å². The van der Waals surface area contributed by atoms with Gasteiger partial charge in [0.15, 0.2) is 0 Å². The van der Waals surface area contributed by atoms with Crippen molar-refractivity contribution in [1.82, 2.24) is 4.98 Å². The number of ether oxygens (including phenoxy) is 1. The number of benzene rings is 1. The average molecular weight is 272 g/mol. The van der Waals surface area contributed by atoms with Gasteiger partial charge in [-0.05, 0) is 6.92 Å². The van der Waals surface area contributed by atoms with E-state index < -0.39 is 0 Å². The lowest BCUT2D eigenvalue weighted by Crippen LogP contribution is -2.03. The number of hydrogen-bond donors (Lipinski definition) is 0. The molecule has 0 aliphatic rings. The molecule has 0 bridgehead atoms. The van der Waals surface area contributed by atoms with Crippen LogP contribution in [0.25, 0.3) is 11.3 Å². The zero-order chi connectivity index (χ0) is 13.7. The van der Waals surface area contributed by atoms with Crippen LogP contribution in [0.5, 0.6) is 0 Å². The Morgan fingerprint density at radius 1 is 1.42 bits per heavy atom. The average Bonchev–Trinajstić information content (AvgIpc) is 2.85. The van der Waals surface area contributed by atoms with Crippen LogP contribution in [0.4, 0.5) is 0 Å². The zero-order valence-corrected chi connectivity index (χ0v) is 11.2. The summed E-state index contributed by atoms with van der Waals surface area (Å²) in [6.45, 7) is 2.08. The Hall–Kier alpha value is -2.19. The first-order valence-corrected chi connectivity index (χ1v) is 6.67. The maximum absolute atomic E-state index is 11.9. The normalized spacial score (nSPS) is 9.89. The van der Waals surface area contributed by atoms with Crippen LogP contribution in [0.1, 0.15) is 21.6 Å². The lowest BCUT2D eigenvalue weighted by molar-refractivity contribution is 0.0532. The standard InChI is InChI=1S/C14H12N2O2S/c1-2-18-14(17)13-12(10-6-4-3-5-7-10)16-11(19-13)8-9-15/h3-7H,2,8H2,1H3. The van der Waals surface area contributed by atoms with Crippen molar-refractivity contribution in [3.8, 4) is 17.3 Å². The number of nitrogens with zero attached hydrogens (tertiary/aromatic N) is 2. The van der Waals surface area contributed by atoms with Crippen molar-refractivity contribution in [1.29, 1.82) is 5.26 Å². The molecule has 5 heteroatoms. The molecule has 19 heavy (non-hydrogen) atoms. The zero-order valence-electron chi connectivity index (χ0n) is 10.4. The Labute approximate surface area is 115 Å². The summed E-state index contributed by atoms with van der Waals surface area (Å²) in [6.07, 6.45) is 0.198. The molecule has 0 aliphatic heterocycles. The Kier molecular flexibility index (Phi) is 4.26. The molecule has 0 unspecified atom stereocenters. The van der Waals surface area contributed by atoms with Gasteiger partial charge in [-0.3, -0.25) is 0 Å². The monoisotopic (exact) mass is 272 g/mol. The lowest BCUT2D eigenvalue weighted by Gasteiger charge is -2.01. The summed E-state index contributed by atoms with van der Waals surface area (Å²) in [7, 11) is 0. The van der Waals surface area contributed by atoms with Crippen LogP contribution in [0.2, 0.25) is 0 Å². The second-order valence-corrected chi connectivity index (χ2v) is 4.79. The first-order valence-electron chi connectivity index (χ1n) is 5.85. The molecule has 4 nitrogen and oxygen atoms in total. The molecule has 1 heterocycles. The second kappa shape index (κ2) is 6.12. The van der Waals surface area contributed by atoms with E-state index in [1.807, 2.05) is 36.4 Å². The molecule has 1 aromatic heterocycles. The van der Waals surface area contributed by atoms with Gasteiger partial charge >= 0.3 is 5.97 Å². The number of hydrogen-bond acceptors (Lipinski definition) is 5. The smallest absolute Gasteiger partial charge is 0.350 e. The van der Waals surface area contributed by atoms with E-state index in [1.165, 1.54) is 11.3 Å². The third-order valence-electron chi connectivity index (χ3n) is 2.41. The van der Waals surface area contributed by atoms with Gasteiger partial charge in [0.05, 0.1) is 24.8 Å². The molecular formula is C14H12N2O2S. The quantitative estimate of drug-likeness (QED) is 0.802. The van der Waals surface area contributed by atoms with Gasteiger partial charge in [-0.25, -0.2) is 9.78 Å². The molecular weight excluding hydrogens is 260 g/mol. The van der Waals surface area contributed by atoms with Crippen molar-refractivity contribution in [2.45, 2.75) is 13.3 Å². The predicted molar refractivity (Wildman–Crippen MR) is 72.8 cm³/mol. The minimum absolute atomic E-state index is 0.198. The molecule has 0 atom stereocenters. The van der Waals surface area contributed by atoms with Gasteiger partial charge in [0.25, 0.3) is 0 Å². The van der Waals surface area contributed by atoms with Gasteiger partial charge in [-0.15, -0.1) is 11.3 Å². The van der Waals surface area contributed by atoms with Crippen molar-refractivity contribution in [2.24, 2.45) is 0 Å². The Morgan fingerprint density at radius 3 is 2.79 bits per heavy atom. The number of aromatic nitrogens is 1. The van der Waals surface area contributed by atoms with Crippen LogP contribution in [0, 0.1) is 11.3 Å². The molecule has 0 saturated heterocycles. The van der Waals surface area contributed by atoms with Crippen LogP contribution >= 0.6 is 11.3 Å². The lowest BCUT2D eigenvalue weighted by atomic mass is 10.1. The molecule has 1 aromatic carbocycles. The number of esters is 1. The highest BCUT2D eigenvalue weighted by atomic mass is 32.1. The van der Waals surface area contributed by atoms with Gasteiger partial charge < -0.3 is 4.74 Å². The Bertz CT molecular complexity index is 614. The predicted octanol–water partition coefficient (Wildman–Crippen LogP) is 3.05. The van der Waals surface area contributed by atoms with Crippen LogP contribution in [-0.2, 0) is 11.2 Å². The number of carbonyl (C=O) groups is 1. The maximum Gasteiger partial charge on any atom is 0.350 e. The molecule has 0 radical (unpaired) electrons. The van der Waals surface area contributed by atoms with Crippen molar-refractivity contribution in [3.05, 3.63) is 40.2 Å². The second-order valence-electron chi connectivity index (χ2n) is 3.71. The fourth-order valence-corrected chi connectivity index (χ4v) is 2.55. The van der Waals surface area contributed by atoms with Crippen molar-refractivity contribution < 1.29 is 9.53 Å². The number of nitriles is 1. The van der Waals surface area contributed by atoms with E-state index in [4.69, 9.17) is 10.00 Å².